The third kappa shape index (κ3) is 4.18. The Kier molecular flexibility index (Phi) is 5.21. The van der Waals surface area contributed by atoms with Crippen molar-refractivity contribution in [3.63, 3.8) is 0 Å². The molecule has 2 aliphatic heterocycles. The second kappa shape index (κ2) is 8.35. The number of halogens is 1. The molecule has 9 heteroatoms. The van der Waals surface area contributed by atoms with E-state index in [9.17, 15) is 0 Å². The minimum absolute atomic E-state index is 0.554. The summed E-state index contributed by atoms with van der Waals surface area (Å²) in [5.74, 6) is 1.23. The molecule has 0 bridgehead atoms. The van der Waals surface area contributed by atoms with Crippen molar-refractivity contribution < 1.29 is 4.74 Å². The Bertz CT molecular complexity index is 1100. The van der Waals surface area contributed by atoms with Crippen LogP contribution >= 0.6 is 11.6 Å². The van der Waals surface area contributed by atoms with Gasteiger partial charge in [-0.15, -0.1) is 5.10 Å². The first-order valence-electron chi connectivity index (χ1n) is 11.2. The summed E-state index contributed by atoms with van der Waals surface area (Å²) >= 11 is 6.06. The molecule has 3 aromatic rings. The summed E-state index contributed by atoms with van der Waals surface area (Å²) in [6.45, 7) is 6.03. The van der Waals surface area contributed by atoms with Crippen molar-refractivity contribution in [2.45, 2.75) is 24.8 Å². The highest BCUT2D eigenvalue weighted by Crippen LogP contribution is 2.42. The van der Waals surface area contributed by atoms with E-state index in [0.717, 1.165) is 50.8 Å². The van der Waals surface area contributed by atoms with Gasteiger partial charge >= 0.3 is 0 Å². The van der Waals surface area contributed by atoms with Gasteiger partial charge in [0.25, 0.3) is 0 Å². The van der Waals surface area contributed by atoms with Crippen LogP contribution in [0, 0.1) is 0 Å². The first-order valence-corrected chi connectivity index (χ1v) is 11.6. The summed E-state index contributed by atoms with van der Waals surface area (Å²) in [5.41, 5.74) is 4.49. The van der Waals surface area contributed by atoms with Crippen LogP contribution < -0.4 is 10.2 Å². The fraction of sp³-hybridized carbons (Fsp3) is 0.435. The zero-order chi connectivity index (χ0) is 21.5. The standard InChI is InChI=1S/C23H26ClN7O/c24-18-9-21(12-25-11-18)31-15-26-23(28-31)27-19-7-17(16-1-2-16)8-20(10-19)29-3-5-30(6-4-29)22-13-32-14-22/h7-12,15-16,22H,1-6,13-14H2,(H,27,28). The van der Waals surface area contributed by atoms with Crippen LogP contribution in [0.15, 0.2) is 43.0 Å². The summed E-state index contributed by atoms with van der Waals surface area (Å²) in [6, 6.07) is 9.26. The second-order valence-corrected chi connectivity index (χ2v) is 9.24. The molecule has 2 saturated heterocycles. The average molecular weight is 452 g/mol. The highest BCUT2D eigenvalue weighted by Gasteiger charge is 2.30. The van der Waals surface area contributed by atoms with Crippen LogP contribution in [0.5, 0.6) is 0 Å². The summed E-state index contributed by atoms with van der Waals surface area (Å²) < 4.78 is 7.05. The average Bonchev–Trinajstić information content (AvgIpc) is 3.52. The molecule has 32 heavy (non-hydrogen) atoms. The maximum atomic E-state index is 6.06. The van der Waals surface area contributed by atoms with Gasteiger partial charge in [-0.1, -0.05) is 11.6 Å². The van der Waals surface area contributed by atoms with Gasteiger partial charge in [-0.05, 0) is 48.6 Å². The van der Waals surface area contributed by atoms with E-state index >= 15 is 0 Å². The van der Waals surface area contributed by atoms with Crippen molar-refractivity contribution in [2.24, 2.45) is 0 Å². The Balaban J connectivity index is 1.20. The molecule has 6 rings (SSSR count). The van der Waals surface area contributed by atoms with E-state index in [0.29, 0.717) is 22.9 Å². The molecular formula is C23H26ClN7O. The maximum absolute atomic E-state index is 6.06. The summed E-state index contributed by atoms with van der Waals surface area (Å²) in [5, 5.41) is 8.53. The summed E-state index contributed by atoms with van der Waals surface area (Å²) in [7, 11) is 0. The van der Waals surface area contributed by atoms with E-state index < -0.39 is 0 Å². The first kappa shape index (κ1) is 20.0. The van der Waals surface area contributed by atoms with Gasteiger partial charge in [-0.2, -0.15) is 4.98 Å². The molecule has 0 amide bonds. The third-order valence-electron chi connectivity index (χ3n) is 6.51. The van der Waals surface area contributed by atoms with Crippen molar-refractivity contribution in [1.82, 2.24) is 24.6 Å². The predicted octanol–water partition coefficient (Wildman–Crippen LogP) is 3.46. The number of ether oxygens (including phenoxy) is 1. The lowest BCUT2D eigenvalue weighted by Gasteiger charge is -2.43. The van der Waals surface area contributed by atoms with Crippen LogP contribution in [-0.2, 0) is 4.74 Å². The van der Waals surface area contributed by atoms with Gasteiger partial charge in [0.15, 0.2) is 0 Å². The van der Waals surface area contributed by atoms with Gasteiger partial charge in [-0.25, -0.2) is 4.68 Å². The molecule has 0 spiro atoms. The SMILES string of the molecule is Clc1cncc(-n2cnc(Nc3cc(C4CC4)cc(N4CCN(C5COC5)CC4)c3)n2)c1. The van der Waals surface area contributed by atoms with Gasteiger partial charge in [0, 0.05) is 43.8 Å². The van der Waals surface area contributed by atoms with Crippen LogP contribution in [0.1, 0.15) is 24.3 Å². The molecule has 1 aromatic carbocycles. The fourth-order valence-electron chi connectivity index (χ4n) is 4.42. The third-order valence-corrected chi connectivity index (χ3v) is 6.71. The van der Waals surface area contributed by atoms with Gasteiger partial charge in [0.2, 0.25) is 5.95 Å². The lowest BCUT2D eigenvalue weighted by atomic mass is 10.1. The lowest BCUT2D eigenvalue weighted by molar-refractivity contribution is -0.0660. The van der Waals surface area contributed by atoms with E-state index in [1.165, 1.54) is 24.1 Å². The molecule has 1 aliphatic carbocycles. The van der Waals surface area contributed by atoms with E-state index in [4.69, 9.17) is 16.3 Å². The number of hydrogen-bond donors (Lipinski definition) is 1. The Morgan fingerprint density at radius 2 is 1.81 bits per heavy atom. The molecule has 2 aromatic heterocycles. The van der Waals surface area contributed by atoms with Crippen LogP contribution in [-0.4, -0.2) is 70.1 Å². The molecule has 8 nitrogen and oxygen atoms in total. The van der Waals surface area contributed by atoms with E-state index in [1.807, 2.05) is 6.07 Å². The van der Waals surface area contributed by atoms with Gasteiger partial charge in [0.1, 0.15) is 6.33 Å². The van der Waals surface area contributed by atoms with E-state index in [2.05, 4.69) is 48.4 Å². The number of anilines is 3. The molecule has 1 saturated carbocycles. The molecular weight excluding hydrogens is 426 g/mol. The monoisotopic (exact) mass is 451 g/mol. The van der Waals surface area contributed by atoms with Crippen LogP contribution in [0.2, 0.25) is 5.02 Å². The van der Waals surface area contributed by atoms with Gasteiger partial charge in [0.05, 0.1) is 36.2 Å². The molecule has 0 radical (unpaired) electrons. The number of nitrogens with zero attached hydrogens (tertiary/aromatic N) is 6. The fourth-order valence-corrected chi connectivity index (χ4v) is 4.59. The van der Waals surface area contributed by atoms with Crippen molar-refractivity contribution in [3.8, 4) is 5.69 Å². The van der Waals surface area contributed by atoms with Crippen LogP contribution in [0.25, 0.3) is 5.69 Å². The van der Waals surface area contributed by atoms with Crippen molar-refractivity contribution in [1.29, 1.82) is 0 Å². The van der Waals surface area contributed by atoms with Crippen LogP contribution in [0.3, 0.4) is 0 Å². The Hall–Kier alpha value is -2.68. The minimum atomic E-state index is 0.554. The van der Waals surface area contributed by atoms with Gasteiger partial charge < -0.3 is 15.0 Å². The number of nitrogens with one attached hydrogen (secondary N) is 1. The quantitative estimate of drug-likeness (QED) is 0.615. The molecule has 166 valence electrons. The zero-order valence-corrected chi connectivity index (χ0v) is 18.6. The maximum Gasteiger partial charge on any atom is 0.246 e. The van der Waals surface area contributed by atoms with Gasteiger partial charge in [-0.3, -0.25) is 9.88 Å². The van der Waals surface area contributed by atoms with Crippen molar-refractivity contribution in [3.05, 3.63) is 53.6 Å². The lowest BCUT2D eigenvalue weighted by Crippen LogP contribution is -2.56. The normalized spacial score (nSPS) is 19.7. The summed E-state index contributed by atoms with van der Waals surface area (Å²) in [4.78, 5) is 13.6. The van der Waals surface area contributed by atoms with Crippen molar-refractivity contribution in [2.75, 3.05) is 49.6 Å². The summed E-state index contributed by atoms with van der Waals surface area (Å²) in [6.07, 6.45) is 7.53. The number of hydrogen-bond acceptors (Lipinski definition) is 7. The smallest absolute Gasteiger partial charge is 0.246 e. The minimum Gasteiger partial charge on any atom is -0.378 e. The Morgan fingerprint density at radius 1 is 0.969 bits per heavy atom. The Labute approximate surface area is 192 Å². The number of rotatable bonds is 6. The topological polar surface area (TPSA) is 71.3 Å². The van der Waals surface area contributed by atoms with Crippen LogP contribution in [0.4, 0.5) is 17.3 Å². The number of benzene rings is 1. The number of aromatic nitrogens is 4. The molecule has 1 N–H and O–H groups in total. The molecule has 3 aliphatic rings. The molecule has 0 unspecified atom stereocenters. The zero-order valence-electron chi connectivity index (χ0n) is 17.8. The second-order valence-electron chi connectivity index (χ2n) is 8.80. The number of piperazine rings is 1. The van der Waals surface area contributed by atoms with E-state index in [1.54, 1.807) is 23.4 Å². The highest BCUT2D eigenvalue weighted by molar-refractivity contribution is 6.30. The largest absolute Gasteiger partial charge is 0.378 e. The highest BCUT2D eigenvalue weighted by atomic mass is 35.5. The molecule has 3 fully saturated rings. The molecule has 0 atom stereocenters. The van der Waals surface area contributed by atoms with E-state index in [-0.39, 0.29) is 0 Å². The molecule has 4 heterocycles. The first-order chi connectivity index (χ1) is 15.7. The Morgan fingerprint density at radius 3 is 2.53 bits per heavy atom. The van der Waals surface area contributed by atoms with Crippen molar-refractivity contribution >= 4 is 28.9 Å². The predicted molar refractivity (Wildman–Crippen MR) is 124 cm³/mol. The number of pyridine rings is 1.